The molecule has 0 spiro atoms. The quantitative estimate of drug-likeness (QED) is 0.889. The Morgan fingerprint density at radius 3 is 2.70 bits per heavy atom. The van der Waals surface area contributed by atoms with Gasteiger partial charge in [0.2, 0.25) is 0 Å². The zero-order chi connectivity index (χ0) is 16.2. The number of amides is 1. The highest BCUT2D eigenvalue weighted by Gasteiger charge is 2.23. The molecule has 6 nitrogen and oxygen atoms in total. The van der Waals surface area contributed by atoms with E-state index in [9.17, 15) is 9.59 Å². The second kappa shape index (κ2) is 6.64. The second-order valence-corrected chi connectivity index (χ2v) is 5.78. The number of hydrogen-bond acceptors (Lipinski definition) is 3. The first-order chi connectivity index (χ1) is 11.1. The van der Waals surface area contributed by atoms with Crippen LogP contribution in [0.3, 0.4) is 0 Å². The fraction of sp³-hybridized carbons (Fsp3) is 0.353. The highest BCUT2D eigenvalue weighted by molar-refractivity contribution is 6.03. The van der Waals surface area contributed by atoms with Gasteiger partial charge >= 0.3 is 5.97 Å². The van der Waals surface area contributed by atoms with Gasteiger partial charge in [0.1, 0.15) is 5.69 Å². The van der Waals surface area contributed by atoms with Crippen LogP contribution in [0, 0.1) is 0 Å². The van der Waals surface area contributed by atoms with E-state index in [0.29, 0.717) is 16.9 Å². The summed E-state index contributed by atoms with van der Waals surface area (Å²) >= 11 is 0. The summed E-state index contributed by atoms with van der Waals surface area (Å²) in [6.45, 7) is 0. The molecule has 3 rings (SSSR count). The average Bonchev–Trinajstić information content (AvgIpc) is 3.19. The lowest BCUT2D eigenvalue weighted by Gasteiger charge is -2.15. The third kappa shape index (κ3) is 3.41. The molecular formula is C17H19N3O3. The summed E-state index contributed by atoms with van der Waals surface area (Å²) < 4.78 is 1.79. The van der Waals surface area contributed by atoms with E-state index in [1.54, 1.807) is 41.2 Å². The number of benzene rings is 1. The number of carbonyl (C=O) groups is 2. The van der Waals surface area contributed by atoms with Crippen LogP contribution in [0.5, 0.6) is 0 Å². The smallest absolute Gasteiger partial charge is 0.307 e. The molecule has 0 aliphatic heterocycles. The molecule has 1 aromatic carbocycles. The van der Waals surface area contributed by atoms with Crippen molar-refractivity contribution < 1.29 is 14.7 Å². The largest absolute Gasteiger partial charge is 0.481 e. The maximum Gasteiger partial charge on any atom is 0.307 e. The molecule has 1 aliphatic carbocycles. The Balaban J connectivity index is 1.80. The topological polar surface area (TPSA) is 84.2 Å². The minimum Gasteiger partial charge on any atom is -0.481 e. The fourth-order valence-electron chi connectivity index (χ4n) is 3.08. The van der Waals surface area contributed by atoms with E-state index in [0.717, 1.165) is 25.7 Å². The van der Waals surface area contributed by atoms with Crippen LogP contribution in [0.15, 0.2) is 36.5 Å². The minimum absolute atomic E-state index is 0.127. The van der Waals surface area contributed by atoms with Crippen LogP contribution in [0.25, 0.3) is 0 Å². The lowest BCUT2D eigenvalue weighted by molar-refractivity contribution is -0.136. The molecule has 1 amide bonds. The molecule has 2 aromatic rings. The van der Waals surface area contributed by atoms with Gasteiger partial charge in [-0.2, -0.15) is 5.10 Å². The number of hydrogen-bond donors (Lipinski definition) is 2. The monoisotopic (exact) mass is 313 g/mol. The summed E-state index contributed by atoms with van der Waals surface area (Å²) in [5.74, 6) is -1.19. The van der Waals surface area contributed by atoms with E-state index in [4.69, 9.17) is 5.11 Å². The van der Waals surface area contributed by atoms with Gasteiger partial charge in [-0.15, -0.1) is 0 Å². The molecule has 0 radical (unpaired) electrons. The number of carboxylic acid groups (broad SMARTS) is 1. The SMILES string of the molecule is O=C(O)Cc1ccccc1NC(=O)c1ccnn1C1CCCC1. The Labute approximate surface area is 134 Å². The van der Waals surface area contributed by atoms with Crippen molar-refractivity contribution in [2.24, 2.45) is 0 Å². The van der Waals surface area contributed by atoms with Crippen LogP contribution in [0.2, 0.25) is 0 Å². The number of aromatic nitrogens is 2. The van der Waals surface area contributed by atoms with Crippen LogP contribution in [-0.2, 0) is 11.2 Å². The fourth-order valence-corrected chi connectivity index (χ4v) is 3.08. The summed E-state index contributed by atoms with van der Waals surface area (Å²) in [4.78, 5) is 23.5. The first-order valence-electron chi connectivity index (χ1n) is 7.79. The molecule has 0 unspecified atom stereocenters. The molecular weight excluding hydrogens is 294 g/mol. The predicted octanol–water partition coefficient (Wildman–Crippen LogP) is 2.88. The highest BCUT2D eigenvalue weighted by Crippen LogP contribution is 2.30. The number of rotatable bonds is 5. The standard InChI is InChI=1S/C17H19N3O3/c21-16(22)11-12-5-1-4-8-14(12)19-17(23)15-9-10-18-20(15)13-6-2-3-7-13/h1,4-5,8-10,13H,2-3,6-7,11H2,(H,19,23)(H,21,22). The van der Waals surface area contributed by atoms with Gasteiger partial charge < -0.3 is 10.4 Å². The number of nitrogens with zero attached hydrogens (tertiary/aromatic N) is 2. The van der Waals surface area contributed by atoms with E-state index in [1.807, 2.05) is 0 Å². The van der Waals surface area contributed by atoms with E-state index in [2.05, 4.69) is 10.4 Å². The molecule has 0 atom stereocenters. The van der Waals surface area contributed by atoms with Crippen molar-refractivity contribution in [3.05, 3.63) is 47.8 Å². The normalized spacial score (nSPS) is 14.8. The predicted molar refractivity (Wildman–Crippen MR) is 85.5 cm³/mol. The van der Waals surface area contributed by atoms with E-state index in [-0.39, 0.29) is 18.4 Å². The Morgan fingerprint density at radius 1 is 1.22 bits per heavy atom. The second-order valence-electron chi connectivity index (χ2n) is 5.78. The number of carboxylic acids is 1. The van der Waals surface area contributed by atoms with Crippen LogP contribution >= 0.6 is 0 Å². The van der Waals surface area contributed by atoms with Gasteiger partial charge in [0, 0.05) is 11.9 Å². The van der Waals surface area contributed by atoms with E-state index >= 15 is 0 Å². The zero-order valence-electron chi connectivity index (χ0n) is 12.7. The summed E-state index contributed by atoms with van der Waals surface area (Å²) in [6.07, 6.45) is 5.91. The van der Waals surface area contributed by atoms with Gasteiger partial charge in [-0.05, 0) is 30.5 Å². The lowest BCUT2D eigenvalue weighted by Crippen LogP contribution is -2.21. The summed E-state index contributed by atoms with van der Waals surface area (Å²) in [5, 5.41) is 16.1. The minimum atomic E-state index is -0.928. The summed E-state index contributed by atoms with van der Waals surface area (Å²) in [6, 6.07) is 8.93. The molecule has 0 saturated heterocycles. The van der Waals surface area contributed by atoms with Gasteiger partial charge in [-0.1, -0.05) is 31.0 Å². The molecule has 2 N–H and O–H groups in total. The first-order valence-corrected chi connectivity index (χ1v) is 7.79. The average molecular weight is 313 g/mol. The van der Waals surface area contributed by atoms with E-state index < -0.39 is 5.97 Å². The van der Waals surface area contributed by atoms with Crippen molar-refractivity contribution in [1.82, 2.24) is 9.78 Å². The Morgan fingerprint density at radius 2 is 1.96 bits per heavy atom. The van der Waals surface area contributed by atoms with Gasteiger partial charge in [0.05, 0.1) is 12.5 Å². The molecule has 1 fully saturated rings. The molecule has 1 aromatic heterocycles. The molecule has 120 valence electrons. The van der Waals surface area contributed by atoms with Gasteiger partial charge in [-0.25, -0.2) is 0 Å². The first kappa shape index (κ1) is 15.3. The zero-order valence-corrected chi connectivity index (χ0v) is 12.7. The molecule has 0 bridgehead atoms. The van der Waals surface area contributed by atoms with Gasteiger partial charge in [0.15, 0.2) is 0 Å². The maximum absolute atomic E-state index is 12.6. The third-order valence-corrected chi connectivity index (χ3v) is 4.18. The Kier molecular flexibility index (Phi) is 4.41. The van der Waals surface area contributed by atoms with Crippen molar-refractivity contribution in [2.45, 2.75) is 38.1 Å². The summed E-state index contributed by atoms with van der Waals surface area (Å²) in [5.41, 5.74) is 1.63. The van der Waals surface area contributed by atoms with Gasteiger partial charge in [0.25, 0.3) is 5.91 Å². The molecule has 6 heteroatoms. The van der Waals surface area contributed by atoms with Crippen LogP contribution < -0.4 is 5.32 Å². The van der Waals surface area contributed by atoms with E-state index in [1.165, 1.54) is 0 Å². The molecule has 1 saturated carbocycles. The van der Waals surface area contributed by atoms with Crippen molar-refractivity contribution in [3.63, 3.8) is 0 Å². The van der Waals surface area contributed by atoms with Crippen molar-refractivity contribution in [3.8, 4) is 0 Å². The van der Waals surface area contributed by atoms with Crippen molar-refractivity contribution >= 4 is 17.6 Å². The van der Waals surface area contributed by atoms with Crippen molar-refractivity contribution in [1.29, 1.82) is 0 Å². The lowest BCUT2D eigenvalue weighted by atomic mass is 10.1. The highest BCUT2D eigenvalue weighted by atomic mass is 16.4. The molecule has 23 heavy (non-hydrogen) atoms. The Hall–Kier alpha value is -2.63. The van der Waals surface area contributed by atoms with Crippen LogP contribution in [0.1, 0.15) is 47.8 Å². The number of aliphatic carboxylic acids is 1. The Bertz CT molecular complexity index is 717. The third-order valence-electron chi connectivity index (χ3n) is 4.18. The van der Waals surface area contributed by atoms with Crippen LogP contribution in [0.4, 0.5) is 5.69 Å². The number of nitrogens with one attached hydrogen (secondary N) is 1. The van der Waals surface area contributed by atoms with Crippen LogP contribution in [-0.4, -0.2) is 26.8 Å². The molecule has 1 aliphatic rings. The number of para-hydroxylation sites is 1. The number of carbonyl (C=O) groups excluding carboxylic acids is 1. The summed E-state index contributed by atoms with van der Waals surface area (Å²) in [7, 11) is 0. The molecule has 1 heterocycles. The van der Waals surface area contributed by atoms with Gasteiger partial charge in [-0.3, -0.25) is 14.3 Å². The maximum atomic E-state index is 12.6. The number of anilines is 1. The van der Waals surface area contributed by atoms with Crippen molar-refractivity contribution in [2.75, 3.05) is 5.32 Å².